The van der Waals surface area contributed by atoms with E-state index in [1.54, 1.807) is 43.5 Å². The number of anilines is 1. The number of ether oxygens (including phenoxy) is 1. The topological polar surface area (TPSA) is 85.4 Å². The highest BCUT2D eigenvalue weighted by molar-refractivity contribution is 7.98. The zero-order valence-electron chi connectivity index (χ0n) is 15.6. The van der Waals surface area contributed by atoms with E-state index in [0.29, 0.717) is 11.6 Å². The molecule has 0 radical (unpaired) electrons. The lowest BCUT2D eigenvalue weighted by Gasteiger charge is -2.11. The molecular weight excluding hydrogens is 378 g/mol. The standard InChI is InChI=1S/C19H21N5OS2/c1-11-17(14-6-5-13(26-4)7-15(14)25-3)18-16(27-11)10-22-19(24-18)23-12(8-20)9-21-2/h5-10H,20H2,1-4H3,(H,22,23,24). The normalized spacial score (nSPS) is 12.1. The monoisotopic (exact) mass is 399 g/mol. The molecule has 140 valence electrons. The molecule has 0 aliphatic rings. The van der Waals surface area contributed by atoms with E-state index in [1.807, 2.05) is 12.5 Å². The average molecular weight is 400 g/mol. The van der Waals surface area contributed by atoms with Crippen molar-refractivity contribution >= 4 is 45.5 Å². The van der Waals surface area contributed by atoms with Crippen LogP contribution < -0.4 is 15.8 Å². The summed E-state index contributed by atoms with van der Waals surface area (Å²) in [7, 11) is 3.37. The van der Waals surface area contributed by atoms with Crippen LogP contribution in [0.1, 0.15) is 4.88 Å². The second kappa shape index (κ2) is 8.41. The van der Waals surface area contributed by atoms with Crippen molar-refractivity contribution in [2.45, 2.75) is 11.8 Å². The van der Waals surface area contributed by atoms with Gasteiger partial charge in [0.25, 0.3) is 0 Å². The Morgan fingerprint density at radius 1 is 1.41 bits per heavy atom. The summed E-state index contributed by atoms with van der Waals surface area (Å²) < 4.78 is 6.67. The van der Waals surface area contributed by atoms with Crippen molar-refractivity contribution in [1.82, 2.24) is 9.97 Å². The van der Waals surface area contributed by atoms with Crippen molar-refractivity contribution in [2.24, 2.45) is 10.7 Å². The fourth-order valence-electron chi connectivity index (χ4n) is 2.77. The molecule has 0 fully saturated rings. The summed E-state index contributed by atoms with van der Waals surface area (Å²) in [6.45, 7) is 2.09. The third kappa shape index (κ3) is 3.91. The van der Waals surface area contributed by atoms with Crippen LogP contribution in [-0.4, -0.2) is 36.6 Å². The van der Waals surface area contributed by atoms with Crippen molar-refractivity contribution < 1.29 is 4.74 Å². The molecule has 0 spiro atoms. The van der Waals surface area contributed by atoms with Crippen molar-refractivity contribution in [3.05, 3.63) is 41.2 Å². The Hall–Kier alpha value is -2.58. The molecule has 1 aromatic carbocycles. The van der Waals surface area contributed by atoms with E-state index in [9.17, 15) is 0 Å². The summed E-state index contributed by atoms with van der Waals surface area (Å²) in [6, 6.07) is 6.23. The number of nitrogens with two attached hydrogens (primary N) is 1. The molecule has 2 aromatic heterocycles. The first kappa shape index (κ1) is 19.2. The Kier molecular flexibility index (Phi) is 5.98. The summed E-state index contributed by atoms with van der Waals surface area (Å²) in [5.41, 5.74) is 9.22. The van der Waals surface area contributed by atoms with Gasteiger partial charge in [-0.25, -0.2) is 9.97 Å². The predicted octanol–water partition coefficient (Wildman–Crippen LogP) is 4.31. The molecule has 3 aromatic rings. The Labute approximate surface area is 166 Å². The van der Waals surface area contributed by atoms with Gasteiger partial charge >= 0.3 is 0 Å². The molecule has 3 rings (SSSR count). The first-order chi connectivity index (χ1) is 13.1. The number of thioether (sulfide) groups is 1. The number of aromatic nitrogens is 2. The van der Waals surface area contributed by atoms with Gasteiger partial charge in [-0.15, -0.1) is 23.1 Å². The molecule has 8 heteroatoms. The van der Waals surface area contributed by atoms with Crippen LogP contribution in [0.4, 0.5) is 5.95 Å². The second-order valence-corrected chi connectivity index (χ2v) is 7.78. The van der Waals surface area contributed by atoms with E-state index in [-0.39, 0.29) is 0 Å². The minimum Gasteiger partial charge on any atom is -0.496 e. The molecule has 0 amide bonds. The number of aliphatic imine (C=N–C) groups is 1. The number of benzene rings is 1. The van der Waals surface area contributed by atoms with Gasteiger partial charge in [0, 0.05) is 40.4 Å². The zero-order valence-corrected chi connectivity index (χ0v) is 17.2. The van der Waals surface area contributed by atoms with Crippen molar-refractivity contribution in [1.29, 1.82) is 0 Å². The largest absolute Gasteiger partial charge is 0.496 e. The molecule has 0 bridgehead atoms. The summed E-state index contributed by atoms with van der Waals surface area (Å²) in [5, 5.41) is 3.09. The highest BCUT2D eigenvalue weighted by Gasteiger charge is 2.18. The molecule has 0 atom stereocenters. The lowest BCUT2D eigenvalue weighted by molar-refractivity contribution is 0.415. The van der Waals surface area contributed by atoms with Crippen LogP contribution in [0.2, 0.25) is 0 Å². The van der Waals surface area contributed by atoms with Crippen molar-refractivity contribution in [2.75, 3.05) is 25.7 Å². The second-order valence-electron chi connectivity index (χ2n) is 5.64. The van der Waals surface area contributed by atoms with Crippen molar-refractivity contribution in [3.63, 3.8) is 0 Å². The average Bonchev–Trinajstić information content (AvgIpc) is 3.01. The van der Waals surface area contributed by atoms with Gasteiger partial charge in [0.15, 0.2) is 0 Å². The Morgan fingerprint density at radius 2 is 2.22 bits per heavy atom. The van der Waals surface area contributed by atoms with Crippen LogP contribution in [0.3, 0.4) is 0 Å². The first-order valence-electron chi connectivity index (χ1n) is 8.20. The molecular formula is C19H21N5OS2. The third-order valence-corrected chi connectivity index (χ3v) is 5.74. The maximum Gasteiger partial charge on any atom is 0.227 e. The van der Waals surface area contributed by atoms with Crippen LogP contribution in [0.5, 0.6) is 5.75 Å². The molecule has 2 heterocycles. The highest BCUT2D eigenvalue weighted by Crippen LogP contribution is 2.42. The number of methoxy groups -OCH3 is 1. The fourth-order valence-corrected chi connectivity index (χ4v) is 4.19. The van der Waals surface area contributed by atoms with Gasteiger partial charge in [-0.05, 0) is 31.4 Å². The highest BCUT2D eigenvalue weighted by atomic mass is 32.2. The van der Waals surface area contributed by atoms with Gasteiger partial charge < -0.3 is 15.8 Å². The lowest BCUT2D eigenvalue weighted by atomic mass is 10.0. The van der Waals surface area contributed by atoms with Gasteiger partial charge in [0.1, 0.15) is 5.75 Å². The Balaban J connectivity index is 2.13. The number of hydrogen-bond acceptors (Lipinski definition) is 8. The molecule has 3 N–H and O–H groups in total. The van der Waals surface area contributed by atoms with Gasteiger partial charge in [0.05, 0.1) is 29.2 Å². The van der Waals surface area contributed by atoms with E-state index >= 15 is 0 Å². The fraction of sp³-hybridized carbons (Fsp3) is 0.211. The number of allylic oxidation sites excluding steroid dienone is 1. The number of thiophene rings is 1. The van der Waals surface area contributed by atoms with Gasteiger partial charge in [-0.1, -0.05) is 0 Å². The Bertz CT molecular complexity index is 1030. The van der Waals surface area contributed by atoms with Crippen LogP contribution in [0.25, 0.3) is 21.3 Å². The van der Waals surface area contributed by atoms with Crippen LogP contribution >= 0.6 is 23.1 Å². The van der Waals surface area contributed by atoms with Gasteiger partial charge in [0.2, 0.25) is 5.95 Å². The molecule has 27 heavy (non-hydrogen) atoms. The maximum absolute atomic E-state index is 5.65. The SMILES string of the molecule is CN=CC(=CN)Nc1ncc2sc(C)c(-c3ccc(SC)cc3OC)c2n1. The summed E-state index contributed by atoms with van der Waals surface area (Å²) in [4.78, 5) is 15.4. The summed E-state index contributed by atoms with van der Waals surface area (Å²) in [6.07, 6.45) is 6.93. The smallest absolute Gasteiger partial charge is 0.227 e. The van der Waals surface area contributed by atoms with E-state index in [0.717, 1.165) is 36.9 Å². The summed E-state index contributed by atoms with van der Waals surface area (Å²) >= 11 is 3.35. The predicted molar refractivity (Wildman–Crippen MR) is 116 cm³/mol. The number of nitrogens with one attached hydrogen (secondary N) is 1. The number of aryl methyl sites for hydroxylation is 1. The zero-order chi connectivity index (χ0) is 19.4. The van der Waals surface area contributed by atoms with Crippen LogP contribution in [-0.2, 0) is 0 Å². The third-order valence-electron chi connectivity index (χ3n) is 3.99. The molecule has 0 saturated carbocycles. The quantitative estimate of drug-likeness (QED) is 0.474. The molecule has 0 aliphatic carbocycles. The minimum absolute atomic E-state index is 0.470. The van der Waals surface area contributed by atoms with E-state index in [2.05, 4.69) is 40.4 Å². The molecule has 6 nitrogen and oxygen atoms in total. The maximum atomic E-state index is 5.65. The van der Waals surface area contributed by atoms with Gasteiger partial charge in [-0.2, -0.15) is 0 Å². The molecule has 0 unspecified atom stereocenters. The van der Waals surface area contributed by atoms with Crippen LogP contribution in [0, 0.1) is 6.92 Å². The van der Waals surface area contributed by atoms with E-state index in [4.69, 9.17) is 15.5 Å². The number of nitrogens with zero attached hydrogens (tertiary/aromatic N) is 3. The minimum atomic E-state index is 0.470. The number of rotatable bonds is 6. The van der Waals surface area contributed by atoms with Crippen LogP contribution in [0.15, 0.2) is 46.2 Å². The van der Waals surface area contributed by atoms with Crippen molar-refractivity contribution in [3.8, 4) is 16.9 Å². The lowest BCUT2D eigenvalue weighted by Crippen LogP contribution is -2.06. The molecule has 0 saturated heterocycles. The Morgan fingerprint density at radius 3 is 2.89 bits per heavy atom. The number of fused-ring (bicyclic) bond motifs is 1. The van der Waals surface area contributed by atoms with E-state index in [1.165, 1.54) is 6.20 Å². The van der Waals surface area contributed by atoms with E-state index < -0.39 is 0 Å². The molecule has 0 aliphatic heterocycles. The summed E-state index contributed by atoms with van der Waals surface area (Å²) in [5.74, 6) is 1.30. The number of hydrogen-bond donors (Lipinski definition) is 2. The first-order valence-corrected chi connectivity index (χ1v) is 10.2. The van der Waals surface area contributed by atoms with Gasteiger partial charge in [-0.3, -0.25) is 4.99 Å².